The number of carbonyl (C=O) groups excluding carboxylic acids is 1. The lowest BCUT2D eigenvalue weighted by Gasteiger charge is -2.35. The van der Waals surface area contributed by atoms with E-state index in [1.165, 1.54) is 0 Å². The van der Waals surface area contributed by atoms with Crippen molar-refractivity contribution in [3.63, 3.8) is 0 Å². The molecule has 0 aliphatic heterocycles. The van der Waals surface area contributed by atoms with E-state index in [2.05, 4.69) is 12.2 Å². The fourth-order valence-electron chi connectivity index (χ4n) is 3.38. The predicted octanol–water partition coefficient (Wildman–Crippen LogP) is 3.19. The van der Waals surface area contributed by atoms with Crippen molar-refractivity contribution in [2.24, 2.45) is 5.41 Å². The normalized spacial score (nSPS) is 23.8. The van der Waals surface area contributed by atoms with E-state index in [0.717, 1.165) is 49.1 Å². The van der Waals surface area contributed by atoms with Gasteiger partial charge in [0.25, 0.3) is 0 Å². The van der Waals surface area contributed by atoms with E-state index in [0.29, 0.717) is 18.3 Å². The Labute approximate surface area is 144 Å². The van der Waals surface area contributed by atoms with Crippen LogP contribution in [0.3, 0.4) is 0 Å². The third-order valence-corrected chi connectivity index (χ3v) is 5.20. The van der Waals surface area contributed by atoms with Gasteiger partial charge in [-0.25, -0.2) is 0 Å². The lowest BCUT2D eigenvalue weighted by molar-refractivity contribution is -0.156. The Morgan fingerprint density at radius 2 is 2.04 bits per heavy atom. The molecule has 0 heterocycles. The van der Waals surface area contributed by atoms with E-state index in [-0.39, 0.29) is 11.4 Å². The quantitative estimate of drug-likeness (QED) is 0.617. The molecule has 1 saturated carbocycles. The molecule has 0 unspecified atom stereocenters. The molecule has 24 heavy (non-hydrogen) atoms. The first-order valence-corrected chi connectivity index (χ1v) is 8.74. The third-order valence-electron chi connectivity index (χ3n) is 5.20. The second-order valence-corrected chi connectivity index (χ2v) is 6.91. The number of nitrogen functional groups attached to an aromatic ring is 1. The molecule has 1 aromatic carbocycles. The third kappa shape index (κ3) is 4.01. The number of hydrogen-bond acceptors (Lipinski definition) is 5. The van der Waals surface area contributed by atoms with Crippen LogP contribution in [0.4, 0.5) is 5.69 Å². The molecular formula is C19H30N2O3. The minimum Gasteiger partial charge on any atom is -0.495 e. The van der Waals surface area contributed by atoms with Gasteiger partial charge in [-0.3, -0.25) is 4.79 Å². The van der Waals surface area contributed by atoms with Gasteiger partial charge in [-0.2, -0.15) is 0 Å². The Morgan fingerprint density at radius 1 is 1.38 bits per heavy atom. The zero-order valence-corrected chi connectivity index (χ0v) is 15.3. The van der Waals surface area contributed by atoms with Crippen molar-refractivity contribution >= 4 is 11.7 Å². The Hall–Kier alpha value is -1.75. The van der Waals surface area contributed by atoms with E-state index >= 15 is 0 Å². The number of esters is 1. The van der Waals surface area contributed by atoms with Crippen LogP contribution in [0.1, 0.15) is 50.7 Å². The van der Waals surface area contributed by atoms with Crippen LogP contribution in [0.5, 0.6) is 5.75 Å². The molecule has 0 saturated heterocycles. The van der Waals surface area contributed by atoms with Crippen molar-refractivity contribution < 1.29 is 14.3 Å². The zero-order valence-electron chi connectivity index (χ0n) is 15.3. The van der Waals surface area contributed by atoms with Gasteiger partial charge in [0.1, 0.15) is 5.75 Å². The molecule has 1 aliphatic rings. The van der Waals surface area contributed by atoms with Crippen molar-refractivity contribution in [1.82, 2.24) is 5.32 Å². The fraction of sp³-hybridized carbons (Fsp3) is 0.632. The number of rotatable bonds is 6. The number of carbonyl (C=O) groups is 1. The molecule has 0 atom stereocenters. The highest BCUT2D eigenvalue weighted by Gasteiger charge is 2.38. The molecule has 0 aromatic heterocycles. The highest BCUT2D eigenvalue weighted by Crippen LogP contribution is 2.37. The van der Waals surface area contributed by atoms with Crippen LogP contribution in [0, 0.1) is 12.3 Å². The van der Waals surface area contributed by atoms with Crippen LogP contribution in [-0.4, -0.2) is 25.7 Å². The van der Waals surface area contributed by atoms with Gasteiger partial charge in [-0.1, -0.05) is 6.07 Å². The van der Waals surface area contributed by atoms with E-state index in [1.807, 2.05) is 26.0 Å². The number of nitrogens with one attached hydrogen (secondary N) is 1. The highest BCUT2D eigenvalue weighted by molar-refractivity contribution is 5.76. The number of nitrogens with two attached hydrogens (primary N) is 1. The molecule has 3 N–H and O–H groups in total. The minimum atomic E-state index is -0.334. The summed E-state index contributed by atoms with van der Waals surface area (Å²) < 4.78 is 10.5. The van der Waals surface area contributed by atoms with Crippen molar-refractivity contribution in [2.75, 3.05) is 19.5 Å². The standard InChI is InChI=1S/C19H30N2O3/c1-5-24-18(22)19(3)10-8-14(9-11-19)21-12-15-13(2)6-7-16(23-4)17(15)20/h6-7,14,21H,5,8-12,20H2,1-4H3. The Balaban J connectivity index is 1.93. The summed E-state index contributed by atoms with van der Waals surface area (Å²) in [6.07, 6.45) is 3.66. The van der Waals surface area contributed by atoms with Crippen LogP contribution in [-0.2, 0) is 16.1 Å². The summed E-state index contributed by atoms with van der Waals surface area (Å²) >= 11 is 0. The van der Waals surface area contributed by atoms with Crippen LogP contribution in [0.2, 0.25) is 0 Å². The molecular weight excluding hydrogens is 304 g/mol. The SMILES string of the molecule is CCOC(=O)C1(C)CCC(NCc2c(C)ccc(OC)c2N)CC1. The van der Waals surface area contributed by atoms with E-state index < -0.39 is 0 Å². The average molecular weight is 334 g/mol. The van der Waals surface area contributed by atoms with Crippen LogP contribution < -0.4 is 15.8 Å². The van der Waals surface area contributed by atoms with Gasteiger partial charge in [0.2, 0.25) is 0 Å². The monoisotopic (exact) mass is 334 g/mol. The lowest BCUT2D eigenvalue weighted by Crippen LogP contribution is -2.40. The van der Waals surface area contributed by atoms with Gasteiger partial charge in [-0.15, -0.1) is 0 Å². The van der Waals surface area contributed by atoms with Gasteiger partial charge < -0.3 is 20.5 Å². The van der Waals surface area contributed by atoms with Crippen molar-refractivity contribution in [3.8, 4) is 5.75 Å². The molecule has 1 fully saturated rings. The zero-order chi connectivity index (χ0) is 17.7. The lowest BCUT2D eigenvalue weighted by atomic mass is 9.74. The summed E-state index contributed by atoms with van der Waals surface area (Å²) in [6, 6.07) is 4.34. The van der Waals surface area contributed by atoms with Gasteiger partial charge in [0, 0.05) is 12.6 Å². The average Bonchev–Trinajstić information content (AvgIpc) is 2.57. The maximum Gasteiger partial charge on any atom is 0.311 e. The molecule has 134 valence electrons. The molecule has 0 bridgehead atoms. The maximum atomic E-state index is 12.1. The topological polar surface area (TPSA) is 73.6 Å². The molecule has 5 heteroatoms. The molecule has 0 radical (unpaired) electrons. The molecule has 1 aromatic rings. The van der Waals surface area contributed by atoms with Crippen LogP contribution in [0.25, 0.3) is 0 Å². The van der Waals surface area contributed by atoms with Gasteiger partial charge in [0.15, 0.2) is 0 Å². The second-order valence-electron chi connectivity index (χ2n) is 6.91. The minimum absolute atomic E-state index is 0.0589. The smallest absolute Gasteiger partial charge is 0.311 e. The molecule has 5 nitrogen and oxygen atoms in total. The van der Waals surface area contributed by atoms with Crippen LogP contribution >= 0.6 is 0 Å². The molecule has 0 spiro atoms. The first kappa shape index (κ1) is 18.6. The van der Waals surface area contributed by atoms with Crippen molar-refractivity contribution in [2.45, 2.75) is 59.0 Å². The number of benzene rings is 1. The predicted molar refractivity (Wildman–Crippen MR) is 96.0 cm³/mol. The van der Waals surface area contributed by atoms with Crippen molar-refractivity contribution in [3.05, 3.63) is 23.3 Å². The summed E-state index contributed by atoms with van der Waals surface area (Å²) in [5.74, 6) is 0.660. The number of aryl methyl sites for hydroxylation is 1. The summed E-state index contributed by atoms with van der Waals surface area (Å²) in [7, 11) is 1.63. The molecule has 2 rings (SSSR count). The van der Waals surface area contributed by atoms with E-state index in [1.54, 1.807) is 7.11 Å². The van der Waals surface area contributed by atoms with Crippen LogP contribution in [0.15, 0.2) is 12.1 Å². The summed E-state index contributed by atoms with van der Waals surface area (Å²) in [6.45, 7) is 7.10. The first-order valence-electron chi connectivity index (χ1n) is 8.74. The fourth-order valence-corrected chi connectivity index (χ4v) is 3.38. The van der Waals surface area contributed by atoms with E-state index in [9.17, 15) is 4.79 Å². The highest BCUT2D eigenvalue weighted by atomic mass is 16.5. The summed E-state index contributed by atoms with van der Waals surface area (Å²) in [5, 5.41) is 3.59. The number of methoxy groups -OCH3 is 1. The van der Waals surface area contributed by atoms with Gasteiger partial charge >= 0.3 is 5.97 Å². The maximum absolute atomic E-state index is 12.1. The molecule has 0 amide bonds. The largest absolute Gasteiger partial charge is 0.495 e. The number of anilines is 1. The summed E-state index contributed by atoms with van der Waals surface area (Å²) in [4.78, 5) is 12.1. The van der Waals surface area contributed by atoms with E-state index in [4.69, 9.17) is 15.2 Å². The van der Waals surface area contributed by atoms with Gasteiger partial charge in [-0.05, 0) is 63.6 Å². The van der Waals surface area contributed by atoms with Crippen molar-refractivity contribution in [1.29, 1.82) is 0 Å². The summed E-state index contributed by atoms with van der Waals surface area (Å²) in [5.41, 5.74) is 8.82. The Kier molecular flexibility index (Phi) is 6.10. The Bertz CT molecular complexity index is 578. The number of hydrogen-bond donors (Lipinski definition) is 2. The van der Waals surface area contributed by atoms with Gasteiger partial charge in [0.05, 0.1) is 24.8 Å². The first-order chi connectivity index (χ1) is 11.4. The molecule has 1 aliphatic carbocycles. The Morgan fingerprint density at radius 3 is 2.62 bits per heavy atom. The second kappa shape index (κ2) is 7.88. The number of ether oxygens (including phenoxy) is 2.